The normalized spacial score (nSPS) is 20.9. The van der Waals surface area contributed by atoms with E-state index < -0.39 is 11.1 Å². The highest BCUT2D eigenvalue weighted by Crippen LogP contribution is 2.24. The van der Waals surface area contributed by atoms with Crippen molar-refractivity contribution in [2.75, 3.05) is 33.2 Å². The molecule has 0 spiro atoms. The average Bonchev–Trinajstić information content (AvgIpc) is 2.13. The van der Waals surface area contributed by atoms with Gasteiger partial charge in [0, 0.05) is 19.6 Å². The fourth-order valence-corrected chi connectivity index (χ4v) is 1.94. The fraction of sp³-hybridized carbons (Fsp3) is 0.909. The molecule has 3 N–H and O–H groups in total. The molecule has 1 aliphatic heterocycles. The largest absolute Gasteiger partial charge is 0.386 e. The first-order valence-electron chi connectivity index (χ1n) is 5.67. The first-order chi connectivity index (χ1) is 7.21. The summed E-state index contributed by atoms with van der Waals surface area (Å²) in [6.07, 6.45) is 0. The van der Waals surface area contributed by atoms with Gasteiger partial charge >= 0.3 is 0 Å². The number of amides is 1. The number of likely N-dealkylation sites (N-methyl/N-ethyl adjacent to an activating group) is 2. The fourth-order valence-electron chi connectivity index (χ4n) is 1.94. The van der Waals surface area contributed by atoms with E-state index in [0.717, 1.165) is 6.54 Å². The first-order valence-corrected chi connectivity index (χ1v) is 5.67. The topological polar surface area (TPSA) is 69.8 Å². The molecular weight excluding hydrogens is 206 g/mol. The van der Waals surface area contributed by atoms with Crippen molar-refractivity contribution in [2.24, 2.45) is 5.73 Å². The Bertz CT molecular complexity index is 272. The number of hydrogen-bond donors (Lipinski definition) is 2. The summed E-state index contributed by atoms with van der Waals surface area (Å²) in [4.78, 5) is 15.2. The van der Waals surface area contributed by atoms with Crippen molar-refractivity contribution in [3.05, 3.63) is 0 Å². The summed E-state index contributed by atoms with van der Waals surface area (Å²) in [5, 5.41) is 10.2. The molecule has 0 atom stereocenters. The van der Waals surface area contributed by atoms with Crippen LogP contribution in [0.25, 0.3) is 0 Å². The smallest absolute Gasteiger partial charge is 0.237 e. The first kappa shape index (κ1) is 13.4. The van der Waals surface area contributed by atoms with E-state index in [2.05, 4.69) is 11.8 Å². The van der Waals surface area contributed by atoms with Crippen molar-refractivity contribution in [1.29, 1.82) is 0 Å². The number of nitrogens with two attached hydrogens (primary N) is 1. The number of likely N-dealkylation sites (tertiary alicyclic amines) is 1. The predicted molar refractivity (Wildman–Crippen MR) is 63.0 cm³/mol. The lowest BCUT2D eigenvalue weighted by molar-refractivity contribution is -0.138. The van der Waals surface area contributed by atoms with Gasteiger partial charge in [0.2, 0.25) is 5.91 Å². The monoisotopic (exact) mass is 229 g/mol. The summed E-state index contributed by atoms with van der Waals surface area (Å²) >= 11 is 0. The molecular formula is C11H23N3O2. The Morgan fingerprint density at radius 1 is 1.56 bits per heavy atom. The van der Waals surface area contributed by atoms with E-state index in [1.54, 1.807) is 13.8 Å². The number of carbonyl (C=O) groups is 1. The minimum atomic E-state index is -0.720. The molecule has 94 valence electrons. The summed E-state index contributed by atoms with van der Waals surface area (Å²) < 4.78 is 0. The van der Waals surface area contributed by atoms with Gasteiger partial charge < -0.3 is 10.8 Å². The number of β-amino-alcohol motifs (C(OH)–C–C–N with tert-alkyl or cyclic N) is 1. The van der Waals surface area contributed by atoms with Crippen molar-refractivity contribution in [3.63, 3.8) is 0 Å². The number of hydrogen-bond acceptors (Lipinski definition) is 4. The van der Waals surface area contributed by atoms with E-state index in [4.69, 9.17) is 5.73 Å². The Morgan fingerprint density at radius 2 is 2.06 bits per heavy atom. The molecule has 0 radical (unpaired) electrons. The molecule has 0 aromatic rings. The van der Waals surface area contributed by atoms with Crippen LogP contribution in [-0.2, 0) is 4.79 Å². The third-order valence-corrected chi connectivity index (χ3v) is 3.57. The van der Waals surface area contributed by atoms with E-state index >= 15 is 0 Å². The number of aliphatic hydroxyl groups is 1. The zero-order chi connectivity index (χ0) is 12.6. The zero-order valence-electron chi connectivity index (χ0n) is 10.7. The lowest BCUT2D eigenvalue weighted by Crippen LogP contribution is -2.68. The van der Waals surface area contributed by atoms with Crippen LogP contribution in [0.5, 0.6) is 0 Å². The molecule has 5 nitrogen and oxygen atoms in total. The van der Waals surface area contributed by atoms with Crippen LogP contribution in [-0.4, -0.2) is 65.2 Å². The lowest BCUT2D eigenvalue weighted by Gasteiger charge is -2.49. The van der Waals surface area contributed by atoms with Gasteiger partial charge in [-0.15, -0.1) is 0 Å². The van der Waals surface area contributed by atoms with Gasteiger partial charge in [-0.25, -0.2) is 0 Å². The summed E-state index contributed by atoms with van der Waals surface area (Å²) in [5.74, 6) is -0.370. The third kappa shape index (κ3) is 2.53. The molecule has 0 unspecified atom stereocenters. The van der Waals surface area contributed by atoms with Crippen molar-refractivity contribution < 1.29 is 9.90 Å². The molecule has 0 aromatic carbocycles. The van der Waals surface area contributed by atoms with E-state index in [1.165, 1.54) is 0 Å². The molecule has 0 bridgehead atoms. The average molecular weight is 229 g/mol. The Morgan fingerprint density at radius 3 is 2.44 bits per heavy atom. The van der Waals surface area contributed by atoms with Gasteiger partial charge in [-0.05, 0) is 27.4 Å². The number of nitrogens with zero attached hydrogens (tertiary/aromatic N) is 2. The highest BCUT2D eigenvalue weighted by Gasteiger charge is 2.44. The van der Waals surface area contributed by atoms with E-state index in [-0.39, 0.29) is 5.91 Å². The summed E-state index contributed by atoms with van der Waals surface area (Å²) in [6.45, 7) is 8.37. The van der Waals surface area contributed by atoms with Gasteiger partial charge in [0.25, 0.3) is 0 Å². The molecule has 0 aromatic heterocycles. The lowest BCUT2D eigenvalue weighted by atomic mass is 9.91. The molecule has 0 saturated carbocycles. The van der Waals surface area contributed by atoms with E-state index in [1.807, 2.05) is 11.9 Å². The minimum Gasteiger partial charge on any atom is -0.386 e. The minimum absolute atomic E-state index is 0.370. The maximum Gasteiger partial charge on any atom is 0.237 e. The van der Waals surface area contributed by atoms with Crippen LogP contribution in [0.2, 0.25) is 0 Å². The van der Waals surface area contributed by atoms with E-state index in [0.29, 0.717) is 19.6 Å². The Balaban J connectivity index is 2.53. The summed E-state index contributed by atoms with van der Waals surface area (Å²) in [5.41, 5.74) is 3.91. The van der Waals surface area contributed by atoms with Gasteiger partial charge in [0.1, 0.15) is 5.60 Å². The van der Waals surface area contributed by atoms with Crippen LogP contribution in [0.4, 0.5) is 0 Å². The van der Waals surface area contributed by atoms with Crippen molar-refractivity contribution in [2.45, 2.75) is 31.9 Å². The standard InChI is InChI=1S/C11H23N3O2/c1-5-14-7-11(16,8-14)6-13(4)10(2,3)9(12)15/h16H,5-8H2,1-4H3,(H2,12,15). The van der Waals surface area contributed by atoms with Crippen LogP contribution in [0.1, 0.15) is 20.8 Å². The summed E-state index contributed by atoms with van der Waals surface area (Å²) in [6, 6.07) is 0. The molecule has 1 fully saturated rings. The quantitative estimate of drug-likeness (QED) is 0.651. The second kappa shape index (κ2) is 4.31. The Kier molecular flexibility index (Phi) is 3.62. The number of carbonyl (C=O) groups excluding carboxylic acids is 1. The molecule has 1 saturated heterocycles. The van der Waals surface area contributed by atoms with Gasteiger partial charge in [-0.2, -0.15) is 0 Å². The third-order valence-electron chi connectivity index (χ3n) is 3.57. The van der Waals surface area contributed by atoms with Crippen molar-refractivity contribution in [3.8, 4) is 0 Å². The number of rotatable bonds is 5. The maximum absolute atomic E-state index is 11.3. The van der Waals surface area contributed by atoms with Gasteiger partial charge in [-0.1, -0.05) is 6.92 Å². The van der Waals surface area contributed by atoms with Crippen LogP contribution in [0.3, 0.4) is 0 Å². The molecule has 16 heavy (non-hydrogen) atoms. The maximum atomic E-state index is 11.3. The van der Waals surface area contributed by atoms with Crippen LogP contribution in [0, 0.1) is 0 Å². The van der Waals surface area contributed by atoms with Gasteiger partial charge in [-0.3, -0.25) is 14.6 Å². The molecule has 5 heteroatoms. The molecule has 1 amide bonds. The Hall–Kier alpha value is -0.650. The van der Waals surface area contributed by atoms with E-state index in [9.17, 15) is 9.90 Å². The molecule has 1 aliphatic rings. The highest BCUT2D eigenvalue weighted by atomic mass is 16.3. The van der Waals surface area contributed by atoms with Gasteiger partial charge in [0.05, 0.1) is 5.54 Å². The zero-order valence-corrected chi connectivity index (χ0v) is 10.7. The molecule has 0 aliphatic carbocycles. The van der Waals surface area contributed by atoms with Crippen LogP contribution >= 0.6 is 0 Å². The Labute approximate surface area is 97.2 Å². The summed E-state index contributed by atoms with van der Waals surface area (Å²) in [7, 11) is 1.82. The molecule has 1 rings (SSSR count). The van der Waals surface area contributed by atoms with Crippen LogP contribution < -0.4 is 5.73 Å². The van der Waals surface area contributed by atoms with Crippen molar-refractivity contribution in [1.82, 2.24) is 9.80 Å². The predicted octanol–water partition coefficient (Wildman–Crippen LogP) is -0.751. The van der Waals surface area contributed by atoms with Crippen molar-refractivity contribution >= 4 is 5.91 Å². The highest BCUT2D eigenvalue weighted by molar-refractivity contribution is 5.83. The van der Waals surface area contributed by atoms with Crippen LogP contribution in [0.15, 0.2) is 0 Å². The second-order valence-corrected chi connectivity index (χ2v) is 5.31. The number of primary amides is 1. The SMILES string of the molecule is CCN1CC(O)(CN(C)C(C)(C)C(N)=O)C1. The van der Waals surface area contributed by atoms with Gasteiger partial charge in [0.15, 0.2) is 0 Å². The molecule has 1 heterocycles. The second-order valence-electron chi connectivity index (χ2n) is 5.31.